The standard InChI is InChI=1S/C19H24N2O5/c1-5-26-18-16(24-3)9-13(10-17(18)25-4)12-20-19(22)21-14-7-6-8-15(11-14)23-2/h6-11H,5,12H2,1-4H3,(H2,20,21,22). The van der Waals surface area contributed by atoms with E-state index in [1.807, 2.05) is 13.0 Å². The maximum absolute atomic E-state index is 12.1. The normalized spacial score (nSPS) is 10.0. The van der Waals surface area contributed by atoms with Crippen molar-refractivity contribution in [2.45, 2.75) is 13.5 Å². The lowest BCUT2D eigenvalue weighted by Gasteiger charge is -2.15. The van der Waals surface area contributed by atoms with Gasteiger partial charge in [-0.1, -0.05) is 6.07 Å². The first-order valence-electron chi connectivity index (χ1n) is 8.17. The summed E-state index contributed by atoms with van der Waals surface area (Å²) in [5, 5.41) is 5.55. The summed E-state index contributed by atoms with van der Waals surface area (Å²) < 4.78 is 21.4. The molecule has 0 aromatic heterocycles. The van der Waals surface area contributed by atoms with E-state index in [2.05, 4.69) is 10.6 Å². The maximum Gasteiger partial charge on any atom is 0.319 e. The summed E-state index contributed by atoms with van der Waals surface area (Å²) in [6, 6.07) is 10.4. The number of rotatable bonds is 8. The summed E-state index contributed by atoms with van der Waals surface area (Å²) in [5.74, 6) is 2.32. The highest BCUT2D eigenvalue weighted by atomic mass is 16.5. The van der Waals surface area contributed by atoms with Crippen molar-refractivity contribution in [3.05, 3.63) is 42.0 Å². The largest absolute Gasteiger partial charge is 0.497 e. The molecule has 7 nitrogen and oxygen atoms in total. The zero-order valence-electron chi connectivity index (χ0n) is 15.4. The van der Waals surface area contributed by atoms with E-state index in [-0.39, 0.29) is 6.03 Å². The fourth-order valence-electron chi connectivity index (χ4n) is 2.38. The molecule has 2 aromatic carbocycles. The molecule has 0 aliphatic carbocycles. The number of urea groups is 1. The molecule has 0 spiro atoms. The zero-order chi connectivity index (χ0) is 18.9. The third-order valence-corrected chi connectivity index (χ3v) is 3.59. The first-order valence-corrected chi connectivity index (χ1v) is 8.17. The first-order chi connectivity index (χ1) is 12.6. The van der Waals surface area contributed by atoms with Crippen LogP contribution < -0.4 is 29.6 Å². The number of hydrogen-bond donors (Lipinski definition) is 2. The summed E-state index contributed by atoms with van der Waals surface area (Å²) in [7, 11) is 4.69. The van der Waals surface area contributed by atoms with E-state index < -0.39 is 0 Å². The van der Waals surface area contributed by atoms with Crippen LogP contribution in [0.2, 0.25) is 0 Å². The van der Waals surface area contributed by atoms with Gasteiger partial charge in [0, 0.05) is 18.3 Å². The topological polar surface area (TPSA) is 78.1 Å². The van der Waals surface area contributed by atoms with E-state index in [0.717, 1.165) is 5.56 Å². The van der Waals surface area contributed by atoms with E-state index in [1.54, 1.807) is 51.7 Å². The van der Waals surface area contributed by atoms with Gasteiger partial charge < -0.3 is 29.6 Å². The van der Waals surface area contributed by atoms with Gasteiger partial charge in [-0.15, -0.1) is 0 Å². The van der Waals surface area contributed by atoms with Crippen molar-refractivity contribution in [2.75, 3.05) is 33.3 Å². The SMILES string of the molecule is CCOc1c(OC)cc(CNC(=O)Nc2cccc(OC)c2)cc1OC. The Morgan fingerprint density at radius 1 is 1.00 bits per heavy atom. The van der Waals surface area contributed by atoms with E-state index >= 15 is 0 Å². The smallest absolute Gasteiger partial charge is 0.319 e. The molecule has 0 unspecified atom stereocenters. The fourth-order valence-corrected chi connectivity index (χ4v) is 2.38. The molecule has 0 atom stereocenters. The van der Waals surface area contributed by atoms with E-state index in [4.69, 9.17) is 18.9 Å². The number of methoxy groups -OCH3 is 3. The van der Waals surface area contributed by atoms with Gasteiger partial charge in [-0.05, 0) is 36.8 Å². The van der Waals surface area contributed by atoms with E-state index in [0.29, 0.717) is 41.8 Å². The van der Waals surface area contributed by atoms with Gasteiger partial charge in [-0.25, -0.2) is 4.79 Å². The molecule has 0 heterocycles. The number of benzene rings is 2. The average molecular weight is 360 g/mol. The molecule has 26 heavy (non-hydrogen) atoms. The molecule has 0 saturated heterocycles. The lowest BCUT2D eigenvalue weighted by Crippen LogP contribution is -2.28. The number of hydrogen-bond acceptors (Lipinski definition) is 5. The minimum absolute atomic E-state index is 0.301. The number of ether oxygens (including phenoxy) is 4. The molecule has 2 N–H and O–H groups in total. The molecule has 0 fully saturated rings. The summed E-state index contributed by atoms with van der Waals surface area (Å²) in [4.78, 5) is 12.1. The fraction of sp³-hybridized carbons (Fsp3) is 0.316. The van der Waals surface area contributed by atoms with Crippen molar-refractivity contribution in [3.63, 3.8) is 0 Å². The van der Waals surface area contributed by atoms with Crippen molar-refractivity contribution in [3.8, 4) is 23.0 Å². The molecular formula is C19H24N2O5. The van der Waals surface area contributed by atoms with E-state index in [9.17, 15) is 4.79 Å². The predicted octanol–water partition coefficient (Wildman–Crippen LogP) is 3.43. The van der Waals surface area contributed by atoms with Crippen LogP contribution in [0.15, 0.2) is 36.4 Å². The van der Waals surface area contributed by atoms with Crippen LogP contribution in [0.3, 0.4) is 0 Å². The minimum Gasteiger partial charge on any atom is -0.497 e. The Morgan fingerprint density at radius 2 is 1.69 bits per heavy atom. The molecule has 0 aliphatic heterocycles. The lowest BCUT2D eigenvalue weighted by atomic mass is 10.2. The predicted molar refractivity (Wildman–Crippen MR) is 99.6 cm³/mol. The van der Waals surface area contributed by atoms with Gasteiger partial charge in [-0.2, -0.15) is 0 Å². The molecule has 0 radical (unpaired) electrons. The van der Waals surface area contributed by atoms with Crippen LogP contribution in [0, 0.1) is 0 Å². The minimum atomic E-state index is -0.329. The van der Waals surface area contributed by atoms with Gasteiger partial charge >= 0.3 is 6.03 Å². The van der Waals surface area contributed by atoms with Crippen molar-refractivity contribution in [1.29, 1.82) is 0 Å². The molecule has 0 bridgehead atoms. The highest BCUT2D eigenvalue weighted by molar-refractivity contribution is 5.89. The van der Waals surface area contributed by atoms with Gasteiger partial charge in [0.15, 0.2) is 11.5 Å². The third-order valence-electron chi connectivity index (χ3n) is 3.59. The van der Waals surface area contributed by atoms with Gasteiger partial charge in [0.1, 0.15) is 5.75 Å². The second kappa shape index (κ2) is 9.41. The summed E-state index contributed by atoms with van der Waals surface area (Å²) >= 11 is 0. The lowest BCUT2D eigenvalue weighted by molar-refractivity contribution is 0.251. The second-order valence-electron chi connectivity index (χ2n) is 5.30. The Labute approximate surface area is 153 Å². The molecule has 0 saturated carbocycles. The Morgan fingerprint density at radius 3 is 2.27 bits per heavy atom. The monoisotopic (exact) mass is 360 g/mol. The number of carbonyl (C=O) groups is 1. The van der Waals surface area contributed by atoms with Gasteiger partial charge in [0.25, 0.3) is 0 Å². The maximum atomic E-state index is 12.1. The molecule has 2 aromatic rings. The van der Waals surface area contributed by atoms with Crippen LogP contribution in [-0.4, -0.2) is 34.0 Å². The highest BCUT2D eigenvalue weighted by Crippen LogP contribution is 2.38. The average Bonchev–Trinajstić information content (AvgIpc) is 2.67. The van der Waals surface area contributed by atoms with Crippen LogP contribution in [0.1, 0.15) is 12.5 Å². The van der Waals surface area contributed by atoms with Crippen molar-refractivity contribution < 1.29 is 23.7 Å². The van der Waals surface area contributed by atoms with Gasteiger partial charge in [-0.3, -0.25) is 0 Å². The zero-order valence-corrected chi connectivity index (χ0v) is 15.4. The quantitative estimate of drug-likeness (QED) is 0.754. The summed E-state index contributed by atoms with van der Waals surface area (Å²) in [6.07, 6.45) is 0. The van der Waals surface area contributed by atoms with Crippen LogP contribution in [-0.2, 0) is 6.54 Å². The number of nitrogens with one attached hydrogen (secondary N) is 2. The van der Waals surface area contributed by atoms with E-state index in [1.165, 1.54) is 0 Å². The third kappa shape index (κ3) is 4.95. The molecule has 0 aliphatic rings. The Balaban J connectivity index is 2.04. The first kappa shape index (κ1) is 19.2. The second-order valence-corrected chi connectivity index (χ2v) is 5.30. The molecule has 2 amide bonds. The van der Waals surface area contributed by atoms with Gasteiger partial charge in [0.05, 0.1) is 27.9 Å². The summed E-state index contributed by atoms with van der Waals surface area (Å²) in [6.45, 7) is 2.68. The van der Waals surface area contributed by atoms with Crippen molar-refractivity contribution >= 4 is 11.7 Å². The number of carbonyl (C=O) groups excluding carboxylic acids is 1. The summed E-state index contributed by atoms with van der Waals surface area (Å²) in [5.41, 5.74) is 1.46. The van der Waals surface area contributed by atoms with Crippen LogP contribution in [0.25, 0.3) is 0 Å². The molecule has 7 heteroatoms. The van der Waals surface area contributed by atoms with Crippen LogP contribution in [0.4, 0.5) is 10.5 Å². The van der Waals surface area contributed by atoms with Crippen LogP contribution in [0.5, 0.6) is 23.0 Å². The number of amides is 2. The Hall–Kier alpha value is -3.09. The Bertz CT molecular complexity index is 723. The van der Waals surface area contributed by atoms with Crippen molar-refractivity contribution in [1.82, 2.24) is 5.32 Å². The molecule has 140 valence electrons. The molecule has 2 rings (SSSR count). The van der Waals surface area contributed by atoms with Crippen LogP contribution >= 0.6 is 0 Å². The number of anilines is 1. The van der Waals surface area contributed by atoms with Gasteiger partial charge in [0.2, 0.25) is 5.75 Å². The molecular weight excluding hydrogens is 336 g/mol. The van der Waals surface area contributed by atoms with Crippen molar-refractivity contribution in [2.24, 2.45) is 0 Å². The highest BCUT2D eigenvalue weighted by Gasteiger charge is 2.14. The Kier molecular flexibility index (Phi) is 6.96.